The van der Waals surface area contributed by atoms with E-state index in [0.717, 1.165) is 0 Å². The summed E-state index contributed by atoms with van der Waals surface area (Å²) < 4.78 is 4.82. The van der Waals surface area contributed by atoms with Gasteiger partial charge in [0.05, 0.1) is 12.1 Å². The number of halogens is 1. The van der Waals surface area contributed by atoms with Crippen LogP contribution in [0.25, 0.3) is 0 Å². The minimum atomic E-state index is -0.740. The van der Waals surface area contributed by atoms with Crippen LogP contribution in [0.1, 0.15) is 24.2 Å². The Kier molecular flexibility index (Phi) is 6.65. The molecule has 0 radical (unpaired) electrons. The molecule has 120 valence electrons. The molecule has 4 N–H and O–H groups in total. The van der Waals surface area contributed by atoms with Gasteiger partial charge >= 0.3 is 5.97 Å². The van der Waals surface area contributed by atoms with Gasteiger partial charge in [0.15, 0.2) is 6.61 Å². The first kappa shape index (κ1) is 17.8. The van der Waals surface area contributed by atoms with Crippen LogP contribution in [-0.4, -0.2) is 37.0 Å². The van der Waals surface area contributed by atoms with Gasteiger partial charge in [-0.15, -0.1) is 0 Å². The lowest BCUT2D eigenvalue weighted by Gasteiger charge is -2.10. The highest BCUT2D eigenvalue weighted by atomic mass is 35.5. The van der Waals surface area contributed by atoms with E-state index in [1.54, 1.807) is 13.8 Å². The van der Waals surface area contributed by atoms with Gasteiger partial charge in [0.25, 0.3) is 5.91 Å². The molecule has 1 rings (SSSR count). The van der Waals surface area contributed by atoms with Gasteiger partial charge in [0, 0.05) is 16.8 Å². The molecule has 0 saturated heterocycles. The average molecular weight is 328 g/mol. The summed E-state index contributed by atoms with van der Waals surface area (Å²) in [6.07, 6.45) is 0. The van der Waals surface area contributed by atoms with Crippen LogP contribution in [0.2, 0.25) is 5.02 Å². The van der Waals surface area contributed by atoms with E-state index < -0.39 is 18.5 Å². The number of hydrogen-bond donors (Lipinski definition) is 3. The zero-order valence-corrected chi connectivity index (χ0v) is 13.1. The summed E-state index contributed by atoms with van der Waals surface area (Å²) in [6, 6.07) is 4.29. The van der Waals surface area contributed by atoms with Crippen LogP contribution in [0.5, 0.6) is 0 Å². The van der Waals surface area contributed by atoms with Gasteiger partial charge < -0.3 is 21.1 Å². The minimum Gasteiger partial charge on any atom is -0.452 e. The summed E-state index contributed by atoms with van der Waals surface area (Å²) in [5.74, 6) is -1.65. The third-order valence-electron chi connectivity index (χ3n) is 2.46. The first-order valence-electron chi connectivity index (χ1n) is 6.57. The van der Waals surface area contributed by atoms with Crippen molar-refractivity contribution in [3.8, 4) is 0 Å². The molecule has 8 heteroatoms. The van der Waals surface area contributed by atoms with Gasteiger partial charge in [-0.05, 0) is 32.0 Å². The largest absolute Gasteiger partial charge is 0.452 e. The van der Waals surface area contributed by atoms with E-state index in [4.69, 9.17) is 22.1 Å². The number of benzene rings is 1. The Morgan fingerprint density at radius 2 is 1.95 bits per heavy atom. The van der Waals surface area contributed by atoms with Gasteiger partial charge in [-0.1, -0.05) is 11.6 Å². The molecule has 0 bridgehead atoms. The second-order valence-electron chi connectivity index (χ2n) is 4.81. The lowest BCUT2D eigenvalue weighted by molar-refractivity contribution is -0.128. The summed E-state index contributed by atoms with van der Waals surface area (Å²) in [4.78, 5) is 34.6. The standard InChI is InChI=1S/C14H18ClN3O4/c1-8(2)18-12(19)6-17-13(20)7-22-14(21)10-4-3-9(15)5-11(10)16/h3-5,8H,6-7,16H2,1-2H3,(H,17,20)(H,18,19). The van der Waals surface area contributed by atoms with Crippen molar-refractivity contribution in [3.05, 3.63) is 28.8 Å². The molecule has 0 aromatic heterocycles. The molecule has 0 fully saturated rings. The molecule has 0 aliphatic rings. The molecule has 0 saturated carbocycles. The summed E-state index contributed by atoms with van der Waals surface area (Å²) in [5, 5.41) is 5.34. The Balaban J connectivity index is 2.40. The van der Waals surface area contributed by atoms with Crippen LogP contribution >= 0.6 is 11.6 Å². The Morgan fingerprint density at radius 1 is 1.27 bits per heavy atom. The van der Waals surface area contributed by atoms with E-state index in [-0.39, 0.29) is 29.7 Å². The van der Waals surface area contributed by atoms with Crippen molar-refractivity contribution < 1.29 is 19.1 Å². The minimum absolute atomic E-state index is 0.0184. The van der Waals surface area contributed by atoms with Gasteiger partial charge in [-0.3, -0.25) is 9.59 Å². The van der Waals surface area contributed by atoms with Crippen molar-refractivity contribution in [2.75, 3.05) is 18.9 Å². The fourth-order valence-electron chi connectivity index (χ4n) is 1.53. The molecular formula is C14H18ClN3O4. The van der Waals surface area contributed by atoms with E-state index in [9.17, 15) is 14.4 Å². The first-order chi connectivity index (χ1) is 10.3. The van der Waals surface area contributed by atoms with Crippen molar-refractivity contribution in [1.29, 1.82) is 0 Å². The molecule has 7 nitrogen and oxygen atoms in total. The zero-order chi connectivity index (χ0) is 16.7. The summed E-state index contributed by atoms with van der Waals surface area (Å²) >= 11 is 5.72. The van der Waals surface area contributed by atoms with E-state index >= 15 is 0 Å². The van der Waals surface area contributed by atoms with E-state index in [1.165, 1.54) is 18.2 Å². The van der Waals surface area contributed by atoms with Crippen LogP contribution in [-0.2, 0) is 14.3 Å². The fraction of sp³-hybridized carbons (Fsp3) is 0.357. The molecule has 0 heterocycles. The topological polar surface area (TPSA) is 111 Å². The van der Waals surface area contributed by atoms with Crippen molar-refractivity contribution in [3.63, 3.8) is 0 Å². The van der Waals surface area contributed by atoms with Gasteiger partial charge in [-0.2, -0.15) is 0 Å². The van der Waals surface area contributed by atoms with E-state index in [2.05, 4.69) is 10.6 Å². The summed E-state index contributed by atoms with van der Waals surface area (Å²) in [5.41, 5.74) is 5.92. The van der Waals surface area contributed by atoms with E-state index in [0.29, 0.717) is 5.02 Å². The number of carbonyl (C=O) groups excluding carboxylic acids is 3. The molecular weight excluding hydrogens is 310 g/mol. The molecule has 2 amide bonds. The normalized spacial score (nSPS) is 10.2. The highest BCUT2D eigenvalue weighted by molar-refractivity contribution is 6.31. The Hall–Kier alpha value is -2.28. The molecule has 0 aliphatic heterocycles. The molecule has 22 heavy (non-hydrogen) atoms. The van der Waals surface area contributed by atoms with Crippen LogP contribution in [0.15, 0.2) is 18.2 Å². The second-order valence-corrected chi connectivity index (χ2v) is 5.24. The fourth-order valence-corrected chi connectivity index (χ4v) is 1.71. The maximum absolute atomic E-state index is 11.8. The highest BCUT2D eigenvalue weighted by Gasteiger charge is 2.14. The number of nitrogens with two attached hydrogens (primary N) is 1. The third kappa shape index (κ3) is 6.01. The van der Waals surface area contributed by atoms with Gasteiger partial charge in [0.1, 0.15) is 0 Å². The lowest BCUT2D eigenvalue weighted by Crippen LogP contribution is -2.41. The highest BCUT2D eigenvalue weighted by Crippen LogP contribution is 2.18. The van der Waals surface area contributed by atoms with Crippen molar-refractivity contribution >= 4 is 35.1 Å². The number of hydrogen-bond acceptors (Lipinski definition) is 5. The van der Waals surface area contributed by atoms with Gasteiger partial charge in [0.2, 0.25) is 5.91 Å². The third-order valence-corrected chi connectivity index (χ3v) is 2.70. The number of carbonyl (C=O) groups is 3. The van der Waals surface area contributed by atoms with Gasteiger partial charge in [-0.25, -0.2) is 4.79 Å². The second kappa shape index (κ2) is 8.23. The lowest BCUT2D eigenvalue weighted by atomic mass is 10.2. The average Bonchev–Trinajstić information content (AvgIpc) is 2.41. The quantitative estimate of drug-likeness (QED) is 0.526. The number of amides is 2. The van der Waals surface area contributed by atoms with Crippen LogP contribution in [0.3, 0.4) is 0 Å². The molecule has 1 aromatic carbocycles. The maximum atomic E-state index is 11.8. The molecule has 0 aliphatic carbocycles. The number of rotatable bonds is 6. The number of nitrogen functional groups attached to an aromatic ring is 1. The smallest absolute Gasteiger partial charge is 0.340 e. The SMILES string of the molecule is CC(C)NC(=O)CNC(=O)COC(=O)c1ccc(Cl)cc1N. The first-order valence-corrected chi connectivity index (χ1v) is 6.95. The maximum Gasteiger partial charge on any atom is 0.340 e. The zero-order valence-electron chi connectivity index (χ0n) is 12.3. The summed E-state index contributed by atoms with van der Waals surface area (Å²) in [6.45, 7) is 2.92. The molecule has 0 spiro atoms. The van der Waals surface area contributed by atoms with Crippen LogP contribution < -0.4 is 16.4 Å². The van der Waals surface area contributed by atoms with Crippen molar-refractivity contribution in [1.82, 2.24) is 10.6 Å². The molecule has 0 atom stereocenters. The van der Waals surface area contributed by atoms with Crippen LogP contribution in [0, 0.1) is 0 Å². The monoisotopic (exact) mass is 327 g/mol. The predicted octanol–water partition coefficient (Wildman–Crippen LogP) is 0.720. The Morgan fingerprint density at radius 3 is 2.55 bits per heavy atom. The molecule has 1 aromatic rings. The number of ether oxygens (including phenoxy) is 1. The summed E-state index contributed by atoms with van der Waals surface area (Å²) in [7, 11) is 0. The Bertz CT molecular complexity index is 575. The number of anilines is 1. The molecule has 0 unspecified atom stereocenters. The predicted molar refractivity (Wildman–Crippen MR) is 82.4 cm³/mol. The van der Waals surface area contributed by atoms with Crippen LogP contribution in [0.4, 0.5) is 5.69 Å². The van der Waals surface area contributed by atoms with Crippen molar-refractivity contribution in [2.24, 2.45) is 0 Å². The Labute approximate surface area is 133 Å². The number of nitrogens with one attached hydrogen (secondary N) is 2. The number of esters is 1. The van der Waals surface area contributed by atoms with Crippen molar-refractivity contribution in [2.45, 2.75) is 19.9 Å². The van der Waals surface area contributed by atoms with E-state index in [1.807, 2.05) is 0 Å².